The Morgan fingerprint density at radius 3 is 2.77 bits per heavy atom. The lowest BCUT2D eigenvalue weighted by Crippen LogP contribution is -2.51. The molecule has 2 amide bonds. The van der Waals surface area contributed by atoms with Crippen molar-refractivity contribution in [3.8, 4) is 0 Å². The number of hydrogen-bond acceptors (Lipinski definition) is 5. The fourth-order valence-electron chi connectivity index (χ4n) is 3.16. The molecule has 0 saturated carbocycles. The first-order chi connectivity index (χ1) is 12.4. The molecule has 2 heterocycles. The Kier molecular flexibility index (Phi) is 6.66. The Hall–Kier alpha value is -0.610. The Labute approximate surface area is 167 Å². The van der Waals surface area contributed by atoms with Gasteiger partial charge in [-0.3, -0.25) is 9.59 Å². The third-order valence-corrected chi connectivity index (χ3v) is 7.03. The summed E-state index contributed by atoms with van der Waals surface area (Å²) in [4.78, 5) is 28.2. The van der Waals surface area contributed by atoms with Gasteiger partial charge >= 0.3 is 0 Å². The van der Waals surface area contributed by atoms with E-state index in [1.54, 1.807) is 9.80 Å². The smallest absolute Gasteiger partial charge is 0.253 e. The Morgan fingerprint density at radius 1 is 1.35 bits per heavy atom. The average Bonchev–Trinajstić information content (AvgIpc) is 2.62. The summed E-state index contributed by atoms with van der Waals surface area (Å²) < 4.78 is 16.0. The molecule has 0 aromatic heterocycles. The van der Waals surface area contributed by atoms with Gasteiger partial charge in [0.05, 0.1) is 22.2 Å². The highest BCUT2D eigenvalue weighted by molar-refractivity contribution is 8.27. The van der Waals surface area contributed by atoms with Crippen LogP contribution in [0.2, 0.25) is 0 Å². The number of anilines is 2. The maximum Gasteiger partial charge on any atom is 0.253 e. The van der Waals surface area contributed by atoms with Gasteiger partial charge in [0, 0.05) is 18.8 Å². The van der Waals surface area contributed by atoms with Gasteiger partial charge in [-0.25, -0.2) is 0 Å². The number of hydrogen-bond donors (Lipinski definition) is 2. The van der Waals surface area contributed by atoms with E-state index in [9.17, 15) is 14.1 Å². The molecule has 26 heavy (non-hydrogen) atoms. The summed E-state index contributed by atoms with van der Waals surface area (Å²) in [6.45, 7) is 1.69. The first-order valence-electron chi connectivity index (χ1n) is 8.08. The molecule has 2 aliphatic rings. The van der Waals surface area contributed by atoms with E-state index in [0.717, 1.165) is 23.1 Å². The molecule has 3 unspecified atom stereocenters. The minimum absolute atomic E-state index is 0.0753. The minimum Gasteiger partial charge on any atom is -0.370 e. The first-order valence-corrected chi connectivity index (χ1v) is 11.1. The Morgan fingerprint density at radius 2 is 2.12 bits per heavy atom. The molecule has 1 aromatic rings. The van der Waals surface area contributed by atoms with E-state index in [-0.39, 0.29) is 18.4 Å². The van der Waals surface area contributed by atoms with E-state index >= 15 is 0 Å². The van der Waals surface area contributed by atoms with Crippen LogP contribution in [0.4, 0.5) is 11.4 Å². The van der Waals surface area contributed by atoms with Crippen molar-refractivity contribution in [1.82, 2.24) is 3.71 Å². The molecule has 142 valence electrons. The number of nitrogens with zero attached hydrogens (tertiary/aromatic N) is 3. The van der Waals surface area contributed by atoms with Crippen molar-refractivity contribution in [2.75, 3.05) is 36.1 Å². The molecule has 1 N–H and O–H groups in total. The topological polar surface area (TPSA) is 73.3 Å². The van der Waals surface area contributed by atoms with Crippen LogP contribution in [0.1, 0.15) is 12.8 Å². The van der Waals surface area contributed by atoms with Gasteiger partial charge in [0.25, 0.3) is 5.91 Å². The number of rotatable bonds is 4. The molecule has 2 fully saturated rings. The maximum absolute atomic E-state index is 12.9. The minimum atomic E-state index is -1.49. The number of morpholine rings is 1. The first kappa shape index (κ1) is 20.1. The molecule has 3 rings (SSSR count). The van der Waals surface area contributed by atoms with Crippen LogP contribution in [0.5, 0.6) is 0 Å². The largest absolute Gasteiger partial charge is 0.370 e. The fraction of sp³-hybridized carbons (Fsp3) is 0.467. The number of piperidine rings is 1. The molecule has 0 bridgehead atoms. The van der Waals surface area contributed by atoms with Crippen molar-refractivity contribution in [3.05, 3.63) is 18.2 Å². The summed E-state index contributed by atoms with van der Waals surface area (Å²) in [5.41, 5.74) is 1.55. The van der Waals surface area contributed by atoms with Gasteiger partial charge in [-0.15, -0.1) is 9.24 Å². The lowest BCUT2D eigenvalue weighted by atomic mass is 10.0. The van der Waals surface area contributed by atoms with Gasteiger partial charge in [-0.1, -0.05) is 12.8 Å². The van der Waals surface area contributed by atoms with Crippen LogP contribution in [0.3, 0.4) is 0 Å². The lowest BCUT2D eigenvalue weighted by Gasteiger charge is -2.36. The number of carbonyl (C=O) groups is 2. The third-order valence-electron chi connectivity index (χ3n) is 4.44. The van der Waals surface area contributed by atoms with Crippen molar-refractivity contribution in [3.63, 3.8) is 0 Å². The predicted molar refractivity (Wildman–Crippen MR) is 113 cm³/mol. The molecule has 0 radical (unpaired) electrons. The van der Waals surface area contributed by atoms with Gasteiger partial charge in [-0.05, 0) is 47.5 Å². The van der Waals surface area contributed by atoms with Crippen LogP contribution >= 0.6 is 22.1 Å². The lowest BCUT2D eigenvalue weighted by molar-refractivity contribution is -0.125. The normalized spacial score (nSPS) is 22.8. The van der Waals surface area contributed by atoms with Crippen LogP contribution in [0.25, 0.3) is 0 Å². The summed E-state index contributed by atoms with van der Waals surface area (Å²) in [5, 5.41) is 0.822. The fourth-order valence-corrected chi connectivity index (χ4v) is 4.52. The average molecular weight is 434 g/mol. The summed E-state index contributed by atoms with van der Waals surface area (Å²) in [7, 11) is 1.14. The number of amides is 2. The van der Waals surface area contributed by atoms with Crippen molar-refractivity contribution >= 4 is 71.7 Å². The second-order valence-electron chi connectivity index (χ2n) is 6.02. The van der Waals surface area contributed by atoms with Crippen LogP contribution in [-0.2, 0) is 35.4 Å². The van der Waals surface area contributed by atoms with Crippen molar-refractivity contribution in [1.29, 1.82) is 0 Å². The second-order valence-corrected chi connectivity index (χ2v) is 9.10. The molecular formula is C15H20N3O4PS3. The zero-order valence-corrected chi connectivity index (χ0v) is 17.6. The molecule has 0 spiro atoms. The van der Waals surface area contributed by atoms with Gasteiger partial charge in [0.15, 0.2) is 0 Å². The molecular weight excluding hydrogens is 413 g/mol. The number of ether oxygens (including phenoxy) is 1. The highest BCUT2D eigenvalue weighted by Crippen LogP contribution is 2.27. The Balaban J connectivity index is 1.83. The summed E-state index contributed by atoms with van der Waals surface area (Å²) in [6, 6.07) is 5.01. The zero-order chi connectivity index (χ0) is 18.8. The maximum atomic E-state index is 12.9. The molecule has 2 saturated heterocycles. The molecule has 2 aliphatic heterocycles. The van der Waals surface area contributed by atoms with Gasteiger partial charge < -0.3 is 19.1 Å². The number of carbonyl (C=O) groups excluding carboxylic acids is 2. The summed E-state index contributed by atoms with van der Waals surface area (Å²) in [6.07, 6.45) is 1.39. The van der Waals surface area contributed by atoms with Crippen LogP contribution in [-0.4, -0.2) is 52.4 Å². The van der Waals surface area contributed by atoms with Crippen LogP contribution < -0.4 is 15.1 Å². The molecule has 11 heteroatoms. The van der Waals surface area contributed by atoms with Crippen molar-refractivity contribution in [2.45, 2.75) is 18.9 Å². The molecule has 0 aliphatic carbocycles. The third kappa shape index (κ3) is 4.11. The number of thiol groups is 1. The van der Waals surface area contributed by atoms with Gasteiger partial charge in [-0.2, -0.15) is 3.71 Å². The molecule has 1 aromatic carbocycles. The molecule has 7 nitrogen and oxygen atoms in total. The van der Waals surface area contributed by atoms with E-state index in [1.165, 1.54) is 3.71 Å². The second kappa shape index (κ2) is 8.60. The number of benzene rings is 1. The summed E-state index contributed by atoms with van der Waals surface area (Å²) in [5.74, 6) is -0.213. The van der Waals surface area contributed by atoms with Crippen molar-refractivity contribution < 1.29 is 18.9 Å². The van der Waals surface area contributed by atoms with Gasteiger partial charge in [0.1, 0.15) is 12.6 Å². The van der Waals surface area contributed by atoms with E-state index in [2.05, 4.69) is 22.1 Å². The quantitative estimate of drug-likeness (QED) is 0.537. The highest BCUT2D eigenvalue weighted by Gasteiger charge is 2.35. The van der Waals surface area contributed by atoms with E-state index < -0.39 is 16.0 Å². The monoisotopic (exact) mass is 433 g/mol. The van der Waals surface area contributed by atoms with E-state index in [0.29, 0.717) is 26.1 Å². The SMILES string of the molecule is O=C1COCCN1c1ccc(N2CCCC(N(S)S(O)=S)C2=O)c(P)c1. The van der Waals surface area contributed by atoms with E-state index in [4.69, 9.17) is 15.9 Å². The zero-order valence-electron chi connectivity index (χ0n) is 13.9. The van der Waals surface area contributed by atoms with Gasteiger partial charge in [0.2, 0.25) is 5.91 Å². The molecule has 3 atom stereocenters. The highest BCUT2D eigenvalue weighted by atomic mass is 32.8. The standard InChI is InChI=1S/C15H20N3O4PS3/c19-14-9-22-7-6-16(14)10-3-4-11(13(23)8-10)17-5-1-2-12(15(17)20)18(24)26(21)25/h3-4,8,12,24H,1-2,5-7,9,23H2,(H,21,25). The van der Waals surface area contributed by atoms with Crippen LogP contribution in [0.15, 0.2) is 18.2 Å². The van der Waals surface area contributed by atoms with E-state index in [1.807, 2.05) is 18.2 Å². The van der Waals surface area contributed by atoms with Crippen LogP contribution in [0, 0.1) is 0 Å². The van der Waals surface area contributed by atoms with Crippen molar-refractivity contribution in [2.24, 2.45) is 0 Å². The Bertz CT molecular complexity index is 751. The predicted octanol–water partition coefficient (Wildman–Crippen LogP) is 0.661. The summed E-state index contributed by atoms with van der Waals surface area (Å²) >= 11 is 9.01.